The zero-order valence-corrected chi connectivity index (χ0v) is 10.9. The van der Waals surface area contributed by atoms with Crippen LogP contribution in [0.2, 0.25) is 0 Å². The molecule has 0 bridgehead atoms. The molecular formula is C15H15NO4. The highest BCUT2D eigenvalue weighted by Crippen LogP contribution is 2.24. The van der Waals surface area contributed by atoms with Gasteiger partial charge in [0.15, 0.2) is 0 Å². The monoisotopic (exact) mass is 273 g/mol. The van der Waals surface area contributed by atoms with Crippen LogP contribution in [-0.2, 0) is 6.54 Å². The Labute approximate surface area is 116 Å². The van der Waals surface area contributed by atoms with E-state index in [-0.39, 0.29) is 17.1 Å². The maximum absolute atomic E-state index is 10.8. The van der Waals surface area contributed by atoms with Crippen LogP contribution in [0.5, 0.6) is 11.5 Å². The van der Waals surface area contributed by atoms with E-state index in [4.69, 9.17) is 5.11 Å². The van der Waals surface area contributed by atoms with Gasteiger partial charge in [-0.1, -0.05) is 0 Å². The summed E-state index contributed by atoms with van der Waals surface area (Å²) in [4.78, 5) is 10.8. The molecular weight excluding hydrogens is 258 g/mol. The second-order valence-corrected chi connectivity index (χ2v) is 4.50. The quantitative estimate of drug-likeness (QED) is 0.687. The van der Waals surface area contributed by atoms with Crippen LogP contribution >= 0.6 is 0 Å². The summed E-state index contributed by atoms with van der Waals surface area (Å²) in [6.45, 7) is 2.19. The summed E-state index contributed by atoms with van der Waals surface area (Å²) in [7, 11) is 0. The molecule has 5 nitrogen and oxygen atoms in total. The van der Waals surface area contributed by atoms with Gasteiger partial charge in [-0.2, -0.15) is 0 Å². The highest BCUT2D eigenvalue weighted by molar-refractivity contribution is 5.88. The highest BCUT2D eigenvalue weighted by atomic mass is 16.4. The summed E-state index contributed by atoms with van der Waals surface area (Å²) in [5, 5.41) is 30.9. The summed E-state index contributed by atoms with van der Waals surface area (Å²) in [5.74, 6) is -0.943. The minimum Gasteiger partial charge on any atom is -0.508 e. The number of nitrogens with one attached hydrogen (secondary N) is 1. The van der Waals surface area contributed by atoms with Crippen molar-refractivity contribution in [3.05, 3.63) is 53.1 Å². The normalized spacial score (nSPS) is 10.2. The number of carboxylic acids is 1. The molecule has 0 radical (unpaired) electrons. The maximum atomic E-state index is 10.8. The largest absolute Gasteiger partial charge is 0.508 e. The first-order valence-electron chi connectivity index (χ1n) is 6.06. The lowest BCUT2D eigenvalue weighted by Gasteiger charge is -2.11. The van der Waals surface area contributed by atoms with E-state index in [0.717, 1.165) is 11.3 Å². The number of hydrogen-bond acceptors (Lipinski definition) is 4. The average molecular weight is 273 g/mol. The molecule has 0 spiro atoms. The van der Waals surface area contributed by atoms with Crippen molar-refractivity contribution in [3.63, 3.8) is 0 Å². The first-order valence-corrected chi connectivity index (χ1v) is 6.06. The van der Waals surface area contributed by atoms with Crippen molar-refractivity contribution in [2.75, 3.05) is 5.32 Å². The van der Waals surface area contributed by atoms with Crippen molar-refractivity contribution >= 4 is 11.7 Å². The number of hydrogen-bond donors (Lipinski definition) is 4. The van der Waals surface area contributed by atoms with Gasteiger partial charge in [-0.25, -0.2) is 4.79 Å². The van der Waals surface area contributed by atoms with Crippen LogP contribution in [0.1, 0.15) is 21.5 Å². The van der Waals surface area contributed by atoms with Gasteiger partial charge in [-0.05, 0) is 42.8 Å². The van der Waals surface area contributed by atoms with E-state index in [0.29, 0.717) is 12.1 Å². The van der Waals surface area contributed by atoms with Crippen molar-refractivity contribution in [1.82, 2.24) is 0 Å². The van der Waals surface area contributed by atoms with E-state index in [9.17, 15) is 15.0 Å². The Morgan fingerprint density at radius 2 is 1.90 bits per heavy atom. The lowest BCUT2D eigenvalue weighted by molar-refractivity contribution is 0.0697. The summed E-state index contributed by atoms with van der Waals surface area (Å²) >= 11 is 0. The standard InChI is InChI=1S/C15H15NO4/c1-9-6-10(15(19)20)3-5-13(9)16-8-11-2-4-12(17)7-14(11)18/h2-7,16-18H,8H2,1H3,(H,19,20). The molecule has 0 aliphatic carbocycles. The zero-order valence-electron chi connectivity index (χ0n) is 10.9. The maximum Gasteiger partial charge on any atom is 0.335 e. The smallest absolute Gasteiger partial charge is 0.335 e. The molecule has 0 saturated carbocycles. The number of rotatable bonds is 4. The summed E-state index contributed by atoms with van der Waals surface area (Å²) < 4.78 is 0. The minimum absolute atomic E-state index is 0.00763. The van der Waals surface area contributed by atoms with Gasteiger partial charge in [0.05, 0.1) is 5.56 Å². The molecule has 0 unspecified atom stereocenters. The van der Waals surface area contributed by atoms with Crippen LogP contribution in [0.25, 0.3) is 0 Å². The molecule has 2 rings (SSSR count). The number of aryl methyl sites for hydroxylation is 1. The Balaban J connectivity index is 2.13. The Morgan fingerprint density at radius 3 is 2.50 bits per heavy atom. The van der Waals surface area contributed by atoms with Gasteiger partial charge in [-0.15, -0.1) is 0 Å². The third-order valence-electron chi connectivity index (χ3n) is 3.01. The first-order chi connectivity index (χ1) is 9.47. The van der Waals surface area contributed by atoms with E-state index in [1.54, 1.807) is 18.2 Å². The number of phenolic OH excluding ortho intramolecular Hbond substituents is 2. The number of carbonyl (C=O) groups is 1. The van der Waals surface area contributed by atoms with Crippen molar-refractivity contribution < 1.29 is 20.1 Å². The molecule has 2 aromatic rings. The molecule has 0 atom stereocenters. The van der Waals surface area contributed by atoms with Gasteiger partial charge in [0, 0.05) is 23.9 Å². The van der Waals surface area contributed by atoms with Crippen LogP contribution in [-0.4, -0.2) is 21.3 Å². The number of phenols is 2. The summed E-state index contributed by atoms with van der Waals surface area (Å²) in [5.41, 5.74) is 2.48. The molecule has 0 amide bonds. The van der Waals surface area contributed by atoms with Gasteiger partial charge in [0.25, 0.3) is 0 Å². The molecule has 20 heavy (non-hydrogen) atoms. The third-order valence-corrected chi connectivity index (χ3v) is 3.01. The van der Waals surface area contributed by atoms with Crippen molar-refractivity contribution in [1.29, 1.82) is 0 Å². The first kappa shape index (κ1) is 13.7. The predicted molar refractivity (Wildman–Crippen MR) is 75.2 cm³/mol. The molecule has 0 heterocycles. The summed E-state index contributed by atoms with van der Waals surface area (Å²) in [6.07, 6.45) is 0. The highest BCUT2D eigenvalue weighted by Gasteiger charge is 2.07. The van der Waals surface area contributed by atoms with Crippen LogP contribution in [0.3, 0.4) is 0 Å². The van der Waals surface area contributed by atoms with E-state index in [1.165, 1.54) is 18.2 Å². The van der Waals surface area contributed by atoms with E-state index >= 15 is 0 Å². The van der Waals surface area contributed by atoms with E-state index < -0.39 is 5.97 Å². The van der Waals surface area contributed by atoms with Crippen molar-refractivity contribution in [3.8, 4) is 11.5 Å². The molecule has 2 aromatic carbocycles. The van der Waals surface area contributed by atoms with E-state index in [2.05, 4.69) is 5.32 Å². The van der Waals surface area contributed by atoms with Crippen LogP contribution in [0.15, 0.2) is 36.4 Å². The summed E-state index contributed by atoms with van der Waals surface area (Å²) in [6, 6.07) is 9.19. The van der Waals surface area contributed by atoms with Crippen molar-refractivity contribution in [2.24, 2.45) is 0 Å². The number of benzene rings is 2. The molecule has 0 fully saturated rings. The third kappa shape index (κ3) is 3.00. The Morgan fingerprint density at radius 1 is 1.15 bits per heavy atom. The SMILES string of the molecule is Cc1cc(C(=O)O)ccc1NCc1ccc(O)cc1O. The Kier molecular flexibility index (Phi) is 3.79. The second kappa shape index (κ2) is 5.52. The number of aromatic carboxylic acids is 1. The topological polar surface area (TPSA) is 89.8 Å². The number of anilines is 1. The lowest BCUT2D eigenvalue weighted by Crippen LogP contribution is -2.03. The predicted octanol–water partition coefficient (Wildman–Crippen LogP) is 2.72. The molecule has 0 aromatic heterocycles. The average Bonchev–Trinajstić information content (AvgIpc) is 2.38. The Bertz CT molecular complexity index is 652. The van der Waals surface area contributed by atoms with Gasteiger partial charge in [0.2, 0.25) is 0 Å². The fourth-order valence-corrected chi connectivity index (χ4v) is 1.89. The molecule has 0 saturated heterocycles. The van der Waals surface area contributed by atoms with Crippen molar-refractivity contribution in [2.45, 2.75) is 13.5 Å². The zero-order chi connectivity index (χ0) is 14.7. The lowest BCUT2D eigenvalue weighted by atomic mass is 10.1. The number of aromatic hydroxyl groups is 2. The molecule has 0 aliphatic rings. The Hall–Kier alpha value is -2.69. The van der Waals surface area contributed by atoms with Crippen LogP contribution < -0.4 is 5.32 Å². The van der Waals surface area contributed by atoms with Gasteiger partial charge < -0.3 is 20.6 Å². The van der Waals surface area contributed by atoms with Crippen LogP contribution in [0, 0.1) is 6.92 Å². The number of carboxylic acid groups (broad SMARTS) is 1. The fraction of sp³-hybridized carbons (Fsp3) is 0.133. The molecule has 4 N–H and O–H groups in total. The van der Waals surface area contributed by atoms with Crippen LogP contribution in [0.4, 0.5) is 5.69 Å². The molecule has 104 valence electrons. The van der Waals surface area contributed by atoms with Gasteiger partial charge in [-0.3, -0.25) is 0 Å². The fourth-order valence-electron chi connectivity index (χ4n) is 1.89. The van der Waals surface area contributed by atoms with Gasteiger partial charge >= 0.3 is 5.97 Å². The molecule has 0 aliphatic heterocycles. The minimum atomic E-state index is -0.962. The molecule has 5 heteroatoms. The van der Waals surface area contributed by atoms with E-state index in [1.807, 2.05) is 6.92 Å². The van der Waals surface area contributed by atoms with Gasteiger partial charge in [0.1, 0.15) is 11.5 Å². The second-order valence-electron chi connectivity index (χ2n) is 4.50.